The topological polar surface area (TPSA) is 70.2 Å². The summed E-state index contributed by atoms with van der Waals surface area (Å²) in [6.07, 6.45) is 2.11. The van der Waals surface area contributed by atoms with Crippen LogP contribution in [0.2, 0.25) is 0 Å². The summed E-state index contributed by atoms with van der Waals surface area (Å²) < 4.78 is 13.0. The Morgan fingerprint density at radius 3 is 2.56 bits per heavy atom. The Labute approximate surface area is 204 Å². The van der Waals surface area contributed by atoms with Crippen molar-refractivity contribution in [1.29, 1.82) is 0 Å². The van der Waals surface area contributed by atoms with Gasteiger partial charge in [0.15, 0.2) is 11.0 Å². The molecule has 0 saturated heterocycles. The lowest BCUT2D eigenvalue weighted by atomic mass is 9.95. The number of rotatable bonds is 9. The van der Waals surface area contributed by atoms with Crippen molar-refractivity contribution < 1.29 is 9.15 Å². The number of aryl methyl sites for hydroxylation is 1. The second kappa shape index (κ2) is 10.5. The normalized spacial score (nSPS) is 11.5. The van der Waals surface area contributed by atoms with Gasteiger partial charge in [-0.25, -0.2) is 4.79 Å². The molecule has 0 aliphatic carbocycles. The zero-order valence-electron chi connectivity index (χ0n) is 20.4. The van der Waals surface area contributed by atoms with E-state index < -0.39 is 0 Å². The van der Waals surface area contributed by atoms with Gasteiger partial charge in [0.05, 0.1) is 7.11 Å². The Morgan fingerprint density at radius 1 is 1.12 bits per heavy atom. The van der Waals surface area contributed by atoms with Gasteiger partial charge < -0.3 is 13.7 Å². The first-order valence-corrected chi connectivity index (χ1v) is 12.7. The molecule has 0 N–H and O–H groups in total. The van der Waals surface area contributed by atoms with Gasteiger partial charge >= 0.3 is 5.63 Å². The number of unbranched alkanes of at least 4 members (excludes halogenated alkanes) is 1. The van der Waals surface area contributed by atoms with E-state index in [9.17, 15) is 4.79 Å². The lowest BCUT2D eigenvalue weighted by Gasteiger charge is -2.13. The monoisotopic (exact) mass is 477 g/mol. The highest BCUT2D eigenvalue weighted by molar-refractivity contribution is 7.98. The molecular weight excluding hydrogens is 446 g/mol. The van der Waals surface area contributed by atoms with Crippen molar-refractivity contribution in [2.45, 2.75) is 63.9 Å². The van der Waals surface area contributed by atoms with Crippen LogP contribution in [0, 0.1) is 6.92 Å². The molecule has 0 aliphatic rings. The smallest absolute Gasteiger partial charge is 0.336 e. The molecule has 0 radical (unpaired) electrons. The second-order valence-corrected chi connectivity index (χ2v) is 9.72. The maximum Gasteiger partial charge on any atom is 0.336 e. The molecule has 0 unspecified atom stereocenters. The maximum absolute atomic E-state index is 12.3. The number of benzene rings is 2. The lowest BCUT2D eigenvalue weighted by molar-refractivity contribution is 0.415. The van der Waals surface area contributed by atoms with Gasteiger partial charge in [-0.3, -0.25) is 0 Å². The van der Waals surface area contributed by atoms with Gasteiger partial charge in [0, 0.05) is 29.3 Å². The van der Waals surface area contributed by atoms with Crippen molar-refractivity contribution in [3.05, 3.63) is 69.6 Å². The van der Waals surface area contributed by atoms with Gasteiger partial charge in [-0.05, 0) is 72.4 Å². The summed E-state index contributed by atoms with van der Waals surface area (Å²) in [4.78, 5) is 12.3. The molecule has 7 heteroatoms. The van der Waals surface area contributed by atoms with Crippen molar-refractivity contribution in [3.8, 4) is 17.1 Å². The van der Waals surface area contributed by atoms with E-state index in [0.717, 1.165) is 58.2 Å². The Morgan fingerprint density at radius 2 is 1.88 bits per heavy atom. The fourth-order valence-corrected chi connectivity index (χ4v) is 5.10. The van der Waals surface area contributed by atoms with Gasteiger partial charge in [0.25, 0.3) is 0 Å². The average molecular weight is 478 g/mol. The summed E-state index contributed by atoms with van der Waals surface area (Å²) in [5.74, 6) is 2.65. The highest BCUT2D eigenvalue weighted by atomic mass is 32.2. The van der Waals surface area contributed by atoms with Gasteiger partial charge in [-0.2, -0.15) is 0 Å². The SMILES string of the molecule is CCCCn1c(SCc2cc(=O)oc3cc(C)c(C(C)C)cc23)nnc1-c1ccc(OC)cc1. The van der Waals surface area contributed by atoms with Gasteiger partial charge in [0.2, 0.25) is 0 Å². The van der Waals surface area contributed by atoms with Crippen LogP contribution in [0.1, 0.15) is 56.2 Å². The Kier molecular flexibility index (Phi) is 7.41. The zero-order valence-corrected chi connectivity index (χ0v) is 21.2. The van der Waals surface area contributed by atoms with Crippen molar-refractivity contribution in [3.63, 3.8) is 0 Å². The maximum atomic E-state index is 12.3. The fourth-order valence-electron chi connectivity index (χ4n) is 4.14. The van der Waals surface area contributed by atoms with E-state index in [4.69, 9.17) is 9.15 Å². The van der Waals surface area contributed by atoms with Crippen LogP contribution in [0.25, 0.3) is 22.4 Å². The van der Waals surface area contributed by atoms with E-state index in [1.807, 2.05) is 30.3 Å². The van der Waals surface area contributed by atoms with Crippen LogP contribution in [0.4, 0.5) is 0 Å². The predicted molar refractivity (Wildman–Crippen MR) is 138 cm³/mol. The quantitative estimate of drug-likeness (QED) is 0.200. The van der Waals surface area contributed by atoms with E-state index in [0.29, 0.717) is 17.3 Å². The molecule has 0 bridgehead atoms. The first-order valence-electron chi connectivity index (χ1n) is 11.7. The van der Waals surface area contributed by atoms with Crippen LogP contribution < -0.4 is 10.4 Å². The van der Waals surface area contributed by atoms with Crippen molar-refractivity contribution in [2.75, 3.05) is 7.11 Å². The molecule has 0 saturated carbocycles. The first kappa shape index (κ1) is 24.1. The van der Waals surface area contributed by atoms with Gasteiger partial charge in [-0.15, -0.1) is 10.2 Å². The number of aromatic nitrogens is 3. The van der Waals surface area contributed by atoms with Crippen LogP contribution in [0.5, 0.6) is 5.75 Å². The molecule has 0 atom stereocenters. The highest BCUT2D eigenvalue weighted by Crippen LogP contribution is 2.32. The van der Waals surface area contributed by atoms with Crippen LogP contribution in [0.15, 0.2) is 56.8 Å². The largest absolute Gasteiger partial charge is 0.497 e. The zero-order chi connectivity index (χ0) is 24.2. The summed E-state index contributed by atoms with van der Waals surface area (Å²) in [5, 5.41) is 10.8. The number of methoxy groups -OCH3 is 1. The van der Waals surface area contributed by atoms with E-state index in [1.165, 1.54) is 5.56 Å². The van der Waals surface area contributed by atoms with Crippen molar-refractivity contribution >= 4 is 22.7 Å². The van der Waals surface area contributed by atoms with Crippen molar-refractivity contribution in [2.24, 2.45) is 0 Å². The minimum atomic E-state index is -0.328. The number of ether oxygens (including phenoxy) is 1. The molecule has 2 aromatic carbocycles. The molecule has 0 fully saturated rings. The Balaban J connectivity index is 1.68. The minimum absolute atomic E-state index is 0.328. The highest BCUT2D eigenvalue weighted by Gasteiger charge is 2.16. The molecule has 2 aromatic heterocycles. The number of thioether (sulfide) groups is 1. The fraction of sp³-hybridized carbons (Fsp3) is 0.370. The Hall–Kier alpha value is -3.06. The van der Waals surface area contributed by atoms with E-state index >= 15 is 0 Å². The van der Waals surface area contributed by atoms with E-state index in [2.05, 4.69) is 48.5 Å². The third kappa shape index (κ3) is 5.04. The summed E-state index contributed by atoms with van der Waals surface area (Å²) in [6, 6.07) is 13.6. The van der Waals surface area contributed by atoms with Gasteiger partial charge in [0.1, 0.15) is 11.3 Å². The van der Waals surface area contributed by atoms with Crippen LogP contribution >= 0.6 is 11.8 Å². The average Bonchev–Trinajstić information content (AvgIpc) is 3.23. The standard InChI is InChI=1S/C27H31N3O3S/c1-6-7-12-30-26(19-8-10-21(32-5)11-9-19)28-29-27(30)34-16-20-14-25(31)33-24-13-18(4)22(17(2)3)15-23(20)24/h8-11,13-15,17H,6-7,12,16H2,1-5H3. The van der Waals surface area contributed by atoms with Gasteiger partial charge in [-0.1, -0.05) is 39.0 Å². The lowest BCUT2D eigenvalue weighted by Crippen LogP contribution is -2.04. The third-order valence-corrected chi connectivity index (χ3v) is 7.01. The molecular formula is C27H31N3O3S. The predicted octanol–water partition coefficient (Wildman–Crippen LogP) is 6.58. The first-order chi connectivity index (χ1) is 16.4. The summed E-state index contributed by atoms with van der Waals surface area (Å²) in [5.41, 5.74) is 4.66. The molecule has 0 spiro atoms. The van der Waals surface area contributed by atoms with Crippen molar-refractivity contribution in [1.82, 2.24) is 14.8 Å². The molecule has 0 aliphatic heterocycles. The van der Waals surface area contributed by atoms with Crippen LogP contribution in [-0.4, -0.2) is 21.9 Å². The second-order valence-electron chi connectivity index (χ2n) is 8.78. The number of hydrogen-bond acceptors (Lipinski definition) is 6. The molecule has 4 aromatic rings. The summed E-state index contributed by atoms with van der Waals surface area (Å²) >= 11 is 1.60. The molecule has 6 nitrogen and oxygen atoms in total. The summed E-state index contributed by atoms with van der Waals surface area (Å²) in [6.45, 7) is 9.43. The Bertz CT molecular complexity index is 1340. The molecule has 2 heterocycles. The van der Waals surface area contributed by atoms with Crippen LogP contribution in [-0.2, 0) is 12.3 Å². The number of hydrogen-bond donors (Lipinski definition) is 0. The van der Waals surface area contributed by atoms with Crippen LogP contribution in [0.3, 0.4) is 0 Å². The molecule has 0 amide bonds. The van der Waals surface area contributed by atoms with E-state index in [-0.39, 0.29) is 5.63 Å². The molecule has 178 valence electrons. The summed E-state index contributed by atoms with van der Waals surface area (Å²) in [7, 11) is 1.66. The molecule has 34 heavy (non-hydrogen) atoms. The molecule has 4 rings (SSSR count). The minimum Gasteiger partial charge on any atom is -0.497 e. The third-order valence-electron chi connectivity index (χ3n) is 6.00. The number of fused-ring (bicyclic) bond motifs is 1. The number of nitrogens with zero attached hydrogens (tertiary/aromatic N) is 3. The van der Waals surface area contributed by atoms with E-state index in [1.54, 1.807) is 24.9 Å².